The Labute approximate surface area is 223 Å². The molecular weight excluding hydrogens is 459 g/mol. The molecule has 202 valence electrons. The molecule has 0 aliphatic heterocycles. The highest BCUT2D eigenvalue weighted by atomic mass is 31.2. The van der Waals surface area contributed by atoms with E-state index in [9.17, 15) is 0 Å². The van der Waals surface area contributed by atoms with Crippen molar-refractivity contribution in [3.05, 3.63) is 57.6 Å². The quantitative estimate of drug-likeness (QED) is 0.414. The highest BCUT2D eigenvalue weighted by Gasteiger charge is 2.35. The lowest BCUT2D eigenvalue weighted by Gasteiger charge is -2.37. The first-order valence-corrected chi connectivity index (χ1v) is 14.9. The zero-order valence-electron chi connectivity index (χ0n) is 26.1. The summed E-state index contributed by atoms with van der Waals surface area (Å²) in [5.74, 6) is 0. The van der Waals surface area contributed by atoms with E-state index in [1.54, 1.807) is 0 Å². The normalized spacial score (nSPS) is 15.1. The van der Waals surface area contributed by atoms with Gasteiger partial charge in [-0.3, -0.25) is 5.09 Å². The van der Waals surface area contributed by atoms with Crippen molar-refractivity contribution in [2.45, 2.75) is 126 Å². The molecule has 0 aliphatic rings. The molecule has 36 heavy (non-hydrogen) atoms. The van der Waals surface area contributed by atoms with E-state index < -0.39 is 7.43 Å². The molecule has 2 aromatic carbocycles. The van der Waals surface area contributed by atoms with Crippen LogP contribution in [-0.2, 0) is 20.8 Å². The Morgan fingerprint density at radius 3 is 1.39 bits per heavy atom. The molecule has 0 bridgehead atoms. The van der Waals surface area contributed by atoms with E-state index in [0.29, 0.717) is 0 Å². The number of hydrogen-bond acceptors (Lipinski definition) is 2. The van der Waals surface area contributed by atoms with E-state index >= 15 is 0 Å². The average Bonchev–Trinajstić information content (AvgIpc) is 2.63. The molecule has 0 heterocycles. The van der Waals surface area contributed by atoms with Gasteiger partial charge in [-0.25, -0.2) is 4.74 Å². The molecule has 0 amide bonds. The lowest BCUT2D eigenvalue weighted by Crippen LogP contribution is -2.38. The van der Waals surface area contributed by atoms with Crippen molar-refractivity contribution in [2.75, 3.05) is 7.11 Å². The van der Waals surface area contributed by atoms with Gasteiger partial charge in [0.15, 0.2) is 7.43 Å². The van der Waals surface area contributed by atoms with Crippen molar-refractivity contribution in [3.63, 3.8) is 0 Å². The summed E-state index contributed by atoms with van der Waals surface area (Å²) in [5.41, 5.74) is 8.39. The van der Waals surface area contributed by atoms with Crippen LogP contribution in [0.4, 0.5) is 5.69 Å². The molecule has 0 aliphatic carbocycles. The molecule has 0 fully saturated rings. The van der Waals surface area contributed by atoms with Crippen molar-refractivity contribution in [3.8, 4) is 0 Å². The third-order valence-corrected chi connectivity index (χ3v) is 9.82. The molecule has 0 spiro atoms. The predicted molar refractivity (Wildman–Crippen MR) is 162 cm³/mol. The number of benzene rings is 2. The van der Waals surface area contributed by atoms with Gasteiger partial charge in [-0.2, -0.15) is 0 Å². The van der Waals surface area contributed by atoms with Gasteiger partial charge in [-0.15, -0.1) is 0 Å². The van der Waals surface area contributed by atoms with Crippen molar-refractivity contribution in [2.24, 2.45) is 4.74 Å². The zero-order valence-corrected chi connectivity index (χ0v) is 27.0. The third-order valence-electron chi connectivity index (χ3n) is 6.52. The first kappa shape index (κ1) is 30.8. The van der Waals surface area contributed by atoms with Gasteiger partial charge in [0.05, 0.1) is 5.69 Å². The molecule has 3 nitrogen and oxygen atoms in total. The number of nitrogens with one attached hydrogen (secondary N) is 1. The van der Waals surface area contributed by atoms with Gasteiger partial charge in [0.25, 0.3) is 0 Å². The summed E-state index contributed by atoms with van der Waals surface area (Å²) in [5, 5.41) is 5.11. The molecule has 0 unspecified atom stereocenters. The van der Waals surface area contributed by atoms with Gasteiger partial charge in [-0.1, -0.05) is 92.1 Å². The molecule has 1 N–H and O–H groups in total. The molecular formula is C32H53N2OP. The minimum Gasteiger partial charge on any atom is -0.332 e. The van der Waals surface area contributed by atoms with Crippen LogP contribution in [0, 0.1) is 20.8 Å². The summed E-state index contributed by atoms with van der Waals surface area (Å²) in [6, 6.07) is 9.30. The van der Waals surface area contributed by atoms with Crippen molar-refractivity contribution in [1.29, 1.82) is 0 Å². The molecule has 0 saturated carbocycles. The Bertz CT molecular complexity index is 1100. The predicted octanol–water partition coefficient (Wildman–Crippen LogP) is 9.53. The minimum atomic E-state index is -2.64. The van der Waals surface area contributed by atoms with E-state index in [4.69, 9.17) is 9.27 Å². The standard InChI is InChI=1S/C32H53N2OP/c1-21-17-22(2)28(23(3)18-21)36(35-16,34-32(13,14)15)33-27-25(30(7,8)9)19-24(29(4,5)6)20-26(27)31(10,11)12/h17-20,34H,1-16H3/t36-/m0/s1. The zero-order chi connectivity index (χ0) is 28.1. The first-order chi connectivity index (χ1) is 16.0. The topological polar surface area (TPSA) is 33.6 Å². The first-order valence-electron chi connectivity index (χ1n) is 13.3. The van der Waals surface area contributed by atoms with E-state index in [2.05, 4.69) is 133 Å². The maximum atomic E-state index is 6.57. The fourth-order valence-corrected chi connectivity index (χ4v) is 7.98. The van der Waals surface area contributed by atoms with Crippen molar-refractivity contribution >= 4 is 18.4 Å². The third kappa shape index (κ3) is 6.91. The lowest BCUT2D eigenvalue weighted by atomic mass is 9.74. The van der Waals surface area contributed by atoms with Crippen LogP contribution in [0.5, 0.6) is 0 Å². The van der Waals surface area contributed by atoms with Crippen LogP contribution in [0.2, 0.25) is 0 Å². The van der Waals surface area contributed by atoms with Crippen molar-refractivity contribution in [1.82, 2.24) is 5.09 Å². The second-order valence-electron chi connectivity index (χ2n) is 14.6. The van der Waals surface area contributed by atoms with Gasteiger partial charge in [0, 0.05) is 18.0 Å². The number of rotatable bonds is 4. The maximum Gasteiger partial charge on any atom is 0.187 e. The molecule has 2 rings (SSSR count). The van der Waals surface area contributed by atoms with E-state index in [1.165, 1.54) is 38.7 Å². The Morgan fingerprint density at radius 2 is 1.08 bits per heavy atom. The fraction of sp³-hybridized carbons (Fsp3) is 0.625. The summed E-state index contributed by atoms with van der Waals surface area (Å²) < 4.78 is 12.3. The Morgan fingerprint density at radius 1 is 0.667 bits per heavy atom. The largest absolute Gasteiger partial charge is 0.332 e. The SMILES string of the molecule is CO[P@@](=Nc1c(C(C)(C)C)cc(C(C)(C)C)cc1C(C)(C)C)(NC(C)(C)C)c1c(C)cc(C)cc1C. The van der Waals surface area contributed by atoms with Gasteiger partial charge in [0.1, 0.15) is 0 Å². The van der Waals surface area contributed by atoms with Crippen LogP contribution in [0.1, 0.15) is 116 Å². The molecule has 0 aromatic heterocycles. The Kier molecular flexibility index (Phi) is 8.60. The highest BCUT2D eigenvalue weighted by Crippen LogP contribution is 2.54. The van der Waals surface area contributed by atoms with E-state index in [1.807, 2.05) is 7.11 Å². The van der Waals surface area contributed by atoms with Gasteiger partial charge in [0.2, 0.25) is 0 Å². The summed E-state index contributed by atoms with van der Waals surface area (Å²) in [6.45, 7) is 33.8. The number of nitrogens with zero attached hydrogens (tertiary/aromatic N) is 1. The van der Waals surface area contributed by atoms with Crippen LogP contribution in [0.3, 0.4) is 0 Å². The van der Waals surface area contributed by atoms with Crippen LogP contribution in [0.15, 0.2) is 29.0 Å². The smallest absolute Gasteiger partial charge is 0.187 e. The molecule has 0 radical (unpaired) electrons. The lowest BCUT2D eigenvalue weighted by molar-refractivity contribution is 0.421. The second-order valence-corrected chi connectivity index (χ2v) is 17.0. The van der Waals surface area contributed by atoms with Gasteiger partial charge in [-0.05, 0) is 85.6 Å². The molecule has 2 aromatic rings. The minimum absolute atomic E-state index is 0.0415. The van der Waals surface area contributed by atoms with Crippen LogP contribution < -0.4 is 10.4 Å². The second kappa shape index (κ2) is 10.0. The summed E-state index contributed by atoms with van der Waals surface area (Å²) in [4.78, 5) is 0. The highest BCUT2D eigenvalue weighted by molar-refractivity contribution is 7.67. The van der Waals surface area contributed by atoms with Crippen LogP contribution in [-0.4, -0.2) is 12.6 Å². The molecule has 1 atom stereocenters. The van der Waals surface area contributed by atoms with Gasteiger partial charge >= 0.3 is 0 Å². The van der Waals surface area contributed by atoms with Crippen LogP contribution >= 0.6 is 7.43 Å². The van der Waals surface area contributed by atoms with Crippen molar-refractivity contribution < 1.29 is 4.52 Å². The van der Waals surface area contributed by atoms with Crippen LogP contribution in [0.25, 0.3) is 0 Å². The Hall–Kier alpha value is -1.41. The van der Waals surface area contributed by atoms with Gasteiger partial charge < -0.3 is 4.52 Å². The Balaban J connectivity index is 3.24. The van der Waals surface area contributed by atoms with E-state index in [0.717, 1.165) is 5.69 Å². The number of hydrogen-bond donors (Lipinski definition) is 1. The summed E-state index contributed by atoms with van der Waals surface area (Å²) in [6.07, 6.45) is 0. The number of aryl methyl sites for hydroxylation is 3. The summed E-state index contributed by atoms with van der Waals surface area (Å²) in [7, 11) is -0.816. The maximum absolute atomic E-state index is 6.57. The van der Waals surface area contributed by atoms with E-state index in [-0.39, 0.29) is 21.8 Å². The average molecular weight is 513 g/mol. The monoisotopic (exact) mass is 512 g/mol. The molecule has 0 saturated heterocycles. The molecule has 4 heteroatoms. The fourth-order valence-electron chi connectivity index (χ4n) is 4.87. The summed E-state index contributed by atoms with van der Waals surface area (Å²) >= 11 is 0.